The molecule has 0 fully saturated rings. The van der Waals surface area contributed by atoms with Crippen LogP contribution in [0.4, 0.5) is 0 Å². The molecule has 0 bridgehead atoms. The molecule has 0 saturated heterocycles. The Morgan fingerprint density at radius 1 is 1.31 bits per heavy atom. The lowest BCUT2D eigenvalue weighted by molar-refractivity contribution is -0.121. The lowest BCUT2D eigenvalue weighted by atomic mass is 10.2. The van der Waals surface area contributed by atoms with E-state index in [-0.39, 0.29) is 5.91 Å². The highest BCUT2D eigenvalue weighted by Gasteiger charge is 2.03. The highest BCUT2D eigenvalue weighted by Crippen LogP contribution is 2.17. The molecule has 0 aliphatic heterocycles. The molecule has 0 unspecified atom stereocenters. The zero-order valence-corrected chi connectivity index (χ0v) is 9.75. The summed E-state index contributed by atoms with van der Waals surface area (Å²) in [4.78, 5) is 11.0. The Hall–Kier alpha value is -1.55. The van der Waals surface area contributed by atoms with Crippen molar-refractivity contribution >= 4 is 5.91 Å². The van der Waals surface area contributed by atoms with Gasteiger partial charge in [0.1, 0.15) is 5.75 Å². The number of hydrogen-bond donors (Lipinski definition) is 2. The minimum Gasteiger partial charge on any atom is -0.493 e. The normalized spacial score (nSPS) is 9.88. The fourth-order valence-corrected chi connectivity index (χ4v) is 1.36. The van der Waals surface area contributed by atoms with Crippen molar-refractivity contribution in [3.63, 3.8) is 0 Å². The fourth-order valence-electron chi connectivity index (χ4n) is 1.36. The quantitative estimate of drug-likeness (QED) is 0.752. The molecule has 1 rings (SSSR count). The summed E-state index contributed by atoms with van der Waals surface area (Å²) in [5, 5.41) is 5.64. The van der Waals surface area contributed by atoms with E-state index in [0.717, 1.165) is 17.9 Å². The van der Waals surface area contributed by atoms with Crippen LogP contribution in [0.1, 0.15) is 12.0 Å². The molecule has 88 valence electrons. The van der Waals surface area contributed by atoms with Crippen molar-refractivity contribution in [1.29, 1.82) is 0 Å². The molecule has 2 N–H and O–H groups in total. The van der Waals surface area contributed by atoms with Crippen molar-refractivity contribution in [3.05, 3.63) is 29.8 Å². The van der Waals surface area contributed by atoms with Crippen LogP contribution in [0.2, 0.25) is 0 Å². The van der Waals surface area contributed by atoms with Crippen LogP contribution in [-0.4, -0.2) is 26.6 Å². The van der Waals surface area contributed by atoms with Gasteiger partial charge in [-0.25, -0.2) is 0 Å². The maximum atomic E-state index is 11.0. The van der Waals surface area contributed by atoms with Crippen LogP contribution in [-0.2, 0) is 11.3 Å². The molecule has 16 heavy (non-hydrogen) atoms. The standard InChI is InChI=1S/C12H18N2O2/c1-13-9-10-5-3-4-6-11(10)16-8-7-12(15)14-2/h3-6,13H,7-9H2,1-2H3,(H,14,15). The van der Waals surface area contributed by atoms with Crippen molar-refractivity contribution in [2.45, 2.75) is 13.0 Å². The van der Waals surface area contributed by atoms with Gasteiger partial charge in [0.25, 0.3) is 0 Å². The van der Waals surface area contributed by atoms with Gasteiger partial charge in [-0.1, -0.05) is 18.2 Å². The summed E-state index contributed by atoms with van der Waals surface area (Å²) in [7, 11) is 3.51. The van der Waals surface area contributed by atoms with Crippen molar-refractivity contribution in [1.82, 2.24) is 10.6 Å². The molecule has 1 amide bonds. The Morgan fingerprint density at radius 3 is 2.75 bits per heavy atom. The Morgan fingerprint density at radius 2 is 2.06 bits per heavy atom. The van der Waals surface area contributed by atoms with E-state index >= 15 is 0 Å². The number of ether oxygens (including phenoxy) is 1. The lowest BCUT2D eigenvalue weighted by Crippen LogP contribution is -2.20. The zero-order valence-electron chi connectivity index (χ0n) is 9.75. The van der Waals surface area contributed by atoms with Gasteiger partial charge in [-0.2, -0.15) is 0 Å². The van der Waals surface area contributed by atoms with Gasteiger partial charge in [0.05, 0.1) is 13.0 Å². The number of carbonyl (C=O) groups is 1. The van der Waals surface area contributed by atoms with Crippen LogP contribution in [0.5, 0.6) is 5.75 Å². The van der Waals surface area contributed by atoms with Gasteiger partial charge >= 0.3 is 0 Å². The van der Waals surface area contributed by atoms with Gasteiger partial charge in [-0.15, -0.1) is 0 Å². The molecule has 0 spiro atoms. The topological polar surface area (TPSA) is 50.4 Å². The fraction of sp³-hybridized carbons (Fsp3) is 0.417. The van der Waals surface area contributed by atoms with Crippen molar-refractivity contribution in [2.24, 2.45) is 0 Å². The Labute approximate surface area is 96.0 Å². The molecule has 0 radical (unpaired) electrons. The molecular weight excluding hydrogens is 204 g/mol. The first kappa shape index (κ1) is 12.5. The number of nitrogens with one attached hydrogen (secondary N) is 2. The molecule has 0 atom stereocenters. The highest BCUT2D eigenvalue weighted by atomic mass is 16.5. The maximum Gasteiger partial charge on any atom is 0.223 e. The van der Waals surface area contributed by atoms with Gasteiger partial charge in [0.15, 0.2) is 0 Å². The third-order valence-electron chi connectivity index (χ3n) is 2.21. The summed E-state index contributed by atoms with van der Waals surface area (Å²) >= 11 is 0. The maximum absolute atomic E-state index is 11.0. The van der Waals surface area contributed by atoms with E-state index in [2.05, 4.69) is 10.6 Å². The van der Waals surface area contributed by atoms with Gasteiger partial charge in [-0.05, 0) is 13.1 Å². The van der Waals surface area contributed by atoms with Gasteiger partial charge in [-0.3, -0.25) is 4.79 Å². The van der Waals surface area contributed by atoms with E-state index in [1.165, 1.54) is 0 Å². The van der Waals surface area contributed by atoms with Crippen LogP contribution in [0.25, 0.3) is 0 Å². The van der Waals surface area contributed by atoms with Crippen LogP contribution < -0.4 is 15.4 Å². The number of para-hydroxylation sites is 1. The van der Waals surface area contributed by atoms with E-state index in [1.807, 2.05) is 31.3 Å². The first-order valence-electron chi connectivity index (χ1n) is 5.33. The summed E-state index contributed by atoms with van der Waals surface area (Å²) in [5.41, 5.74) is 1.10. The van der Waals surface area contributed by atoms with Gasteiger partial charge in [0, 0.05) is 19.2 Å². The smallest absolute Gasteiger partial charge is 0.223 e. The van der Waals surface area contributed by atoms with Crippen molar-refractivity contribution in [2.75, 3.05) is 20.7 Å². The molecule has 0 aliphatic rings. The summed E-state index contributed by atoms with van der Waals surface area (Å²) < 4.78 is 5.56. The number of hydrogen-bond acceptors (Lipinski definition) is 3. The molecular formula is C12H18N2O2. The first-order valence-corrected chi connectivity index (χ1v) is 5.33. The second-order valence-corrected chi connectivity index (χ2v) is 3.41. The average Bonchev–Trinajstić information content (AvgIpc) is 2.31. The van der Waals surface area contributed by atoms with E-state index in [9.17, 15) is 4.79 Å². The second-order valence-electron chi connectivity index (χ2n) is 3.41. The van der Waals surface area contributed by atoms with Gasteiger partial charge < -0.3 is 15.4 Å². The molecule has 1 aromatic carbocycles. The number of benzene rings is 1. The highest BCUT2D eigenvalue weighted by molar-refractivity contribution is 5.75. The van der Waals surface area contributed by atoms with Gasteiger partial charge in [0.2, 0.25) is 5.91 Å². The first-order chi connectivity index (χ1) is 7.77. The van der Waals surface area contributed by atoms with E-state index < -0.39 is 0 Å². The van der Waals surface area contributed by atoms with Crippen LogP contribution in [0.15, 0.2) is 24.3 Å². The predicted octanol–water partition coefficient (Wildman–Crippen LogP) is 0.921. The summed E-state index contributed by atoms with van der Waals surface area (Å²) in [5.74, 6) is 0.826. The Balaban J connectivity index is 2.49. The summed E-state index contributed by atoms with van der Waals surface area (Å²) in [6.45, 7) is 1.16. The number of rotatable bonds is 6. The molecule has 0 saturated carbocycles. The molecule has 4 heteroatoms. The minimum atomic E-state index is -0.00824. The van der Waals surface area contributed by atoms with Crippen molar-refractivity contribution in [3.8, 4) is 5.75 Å². The average molecular weight is 222 g/mol. The minimum absolute atomic E-state index is 0.00824. The molecule has 0 heterocycles. The van der Waals surface area contributed by atoms with E-state index in [1.54, 1.807) is 7.05 Å². The molecule has 0 aliphatic carbocycles. The SMILES string of the molecule is CNCc1ccccc1OCCC(=O)NC. The van der Waals surface area contributed by atoms with Crippen LogP contribution in [0.3, 0.4) is 0 Å². The Bertz CT molecular complexity index is 340. The second kappa shape index (κ2) is 6.85. The van der Waals surface area contributed by atoms with Crippen LogP contribution in [0, 0.1) is 0 Å². The van der Waals surface area contributed by atoms with Crippen molar-refractivity contribution < 1.29 is 9.53 Å². The number of carbonyl (C=O) groups excluding carboxylic acids is 1. The monoisotopic (exact) mass is 222 g/mol. The largest absolute Gasteiger partial charge is 0.493 e. The third kappa shape index (κ3) is 3.90. The number of amides is 1. The third-order valence-corrected chi connectivity index (χ3v) is 2.21. The predicted molar refractivity (Wildman–Crippen MR) is 63.4 cm³/mol. The van der Waals surface area contributed by atoms with Crippen LogP contribution >= 0.6 is 0 Å². The molecule has 1 aromatic rings. The Kier molecular flexibility index (Phi) is 5.36. The summed E-state index contributed by atoms with van der Waals surface area (Å²) in [6.07, 6.45) is 0.379. The van der Waals surface area contributed by atoms with E-state index in [4.69, 9.17) is 4.74 Å². The molecule has 0 aromatic heterocycles. The lowest BCUT2D eigenvalue weighted by Gasteiger charge is -2.10. The van der Waals surface area contributed by atoms with E-state index in [0.29, 0.717) is 13.0 Å². The summed E-state index contributed by atoms with van der Waals surface area (Å²) in [6, 6.07) is 7.81. The molecule has 4 nitrogen and oxygen atoms in total. The zero-order chi connectivity index (χ0) is 11.8.